The molecule has 0 aliphatic heterocycles. The number of ether oxygens (including phenoxy) is 2. The Morgan fingerprint density at radius 1 is 1.06 bits per heavy atom. The predicted molar refractivity (Wildman–Crippen MR) is 123 cm³/mol. The molecule has 0 atom stereocenters. The molecule has 1 N–H and O–H groups in total. The highest BCUT2D eigenvalue weighted by atomic mass is 35.5. The third-order valence-electron chi connectivity index (χ3n) is 4.49. The molecular formula is C22H16Cl2F3N3O4. The van der Waals surface area contributed by atoms with E-state index < -0.39 is 22.4 Å². The Labute approximate surface area is 201 Å². The molecule has 0 aromatic heterocycles. The normalized spacial score (nSPS) is 11.5. The molecule has 3 rings (SSSR count). The summed E-state index contributed by atoms with van der Waals surface area (Å²) in [5, 5.41) is 15.9. The fourth-order valence-electron chi connectivity index (χ4n) is 2.80. The van der Waals surface area contributed by atoms with Crippen LogP contribution in [0.1, 0.15) is 16.7 Å². The lowest BCUT2D eigenvalue weighted by molar-refractivity contribution is -0.384. The molecule has 0 radical (unpaired) electrons. The summed E-state index contributed by atoms with van der Waals surface area (Å²) in [5.74, 6) is 0.835. The standard InChI is InChI=1S/C22H16Cl2F3N3O4/c1-33-21-9-13(3-7-20(21)34-12-14-2-5-16(23)17(24)8-14)11-28-29-18-6-4-15(22(25,26)27)10-19(18)30(31)32/h2-11,29H,12H2,1H3/b28-11-. The molecule has 0 heterocycles. The Kier molecular flexibility index (Phi) is 7.85. The van der Waals surface area contributed by atoms with Crippen molar-refractivity contribution < 1.29 is 27.6 Å². The molecule has 7 nitrogen and oxygen atoms in total. The van der Waals surface area contributed by atoms with Crippen LogP contribution >= 0.6 is 23.2 Å². The monoisotopic (exact) mass is 513 g/mol. The van der Waals surface area contributed by atoms with Gasteiger partial charge in [-0.25, -0.2) is 0 Å². The molecule has 0 aliphatic rings. The molecule has 0 bridgehead atoms. The average Bonchev–Trinajstić information content (AvgIpc) is 2.79. The number of hydrogen-bond donors (Lipinski definition) is 1. The van der Waals surface area contributed by atoms with E-state index in [0.29, 0.717) is 33.2 Å². The third kappa shape index (κ3) is 6.30. The zero-order valence-electron chi connectivity index (χ0n) is 17.4. The van der Waals surface area contributed by atoms with Crippen LogP contribution in [0.25, 0.3) is 0 Å². The number of benzene rings is 3. The second-order valence-electron chi connectivity index (χ2n) is 6.80. The molecule has 3 aromatic rings. The van der Waals surface area contributed by atoms with Crippen LogP contribution in [0.4, 0.5) is 24.5 Å². The van der Waals surface area contributed by atoms with E-state index in [1.54, 1.807) is 36.4 Å². The number of nitro benzene ring substituents is 1. The van der Waals surface area contributed by atoms with E-state index in [4.69, 9.17) is 32.7 Å². The molecule has 0 amide bonds. The van der Waals surface area contributed by atoms with Crippen LogP contribution in [0.3, 0.4) is 0 Å². The van der Waals surface area contributed by atoms with Gasteiger partial charge in [0, 0.05) is 6.07 Å². The Morgan fingerprint density at radius 3 is 2.47 bits per heavy atom. The zero-order chi connectivity index (χ0) is 24.9. The third-order valence-corrected chi connectivity index (χ3v) is 5.23. The van der Waals surface area contributed by atoms with Crippen LogP contribution < -0.4 is 14.9 Å². The minimum atomic E-state index is -4.70. The lowest BCUT2D eigenvalue weighted by Crippen LogP contribution is -2.06. The van der Waals surface area contributed by atoms with Crippen molar-refractivity contribution >= 4 is 40.8 Å². The largest absolute Gasteiger partial charge is 0.493 e. The summed E-state index contributed by atoms with van der Waals surface area (Å²) in [6, 6.07) is 12.1. The topological polar surface area (TPSA) is 86.0 Å². The molecule has 0 saturated heterocycles. The second kappa shape index (κ2) is 10.6. The first-order valence-corrected chi connectivity index (χ1v) is 10.2. The predicted octanol–water partition coefficient (Wildman–Crippen LogP) is 6.95. The van der Waals surface area contributed by atoms with Gasteiger partial charge in [-0.05, 0) is 53.6 Å². The fraction of sp³-hybridized carbons (Fsp3) is 0.136. The number of halogens is 5. The van der Waals surface area contributed by atoms with Crippen LogP contribution in [0.5, 0.6) is 11.5 Å². The summed E-state index contributed by atoms with van der Waals surface area (Å²) in [6.07, 6.45) is -3.38. The van der Waals surface area contributed by atoms with Gasteiger partial charge in [0.15, 0.2) is 11.5 Å². The number of hydrogen-bond acceptors (Lipinski definition) is 6. The lowest BCUT2D eigenvalue weighted by atomic mass is 10.1. The van der Waals surface area contributed by atoms with Gasteiger partial charge in [-0.15, -0.1) is 0 Å². The van der Waals surface area contributed by atoms with Crippen molar-refractivity contribution in [3.63, 3.8) is 0 Å². The van der Waals surface area contributed by atoms with Gasteiger partial charge in [-0.3, -0.25) is 15.5 Å². The molecule has 0 spiro atoms. The van der Waals surface area contributed by atoms with E-state index in [1.807, 2.05) is 0 Å². The number of nitro groups is 1. The first-order chi connectivity index (χ1) is 16.1. The number of methoxy groups -OCH3 is 1. The molecule has 34 heavy (non-hydrogen) atoms. The Morgan fingerprint density at radius 2 is 1.82 bits per heavy atom. The first kappa shape index (κ1) is 25.1. The van der Waals surface area contributed by atoms with E-state index in [0.717, 1.165) is 17.7 Å². The Hall–Kier alpha value is -3.50. The van der Waals surface area contributed by atoms with Gasteiger partial charge in [0.05, 0.1) is 33.9 Å². The molecular weight excluding hydrogens is 498 g/mol. The minimum Gasteiger partial charge on any atom is -0.493 e. The van der Waals surface area contributed by atoms with E-state index >= 15 is 0 Å². The van der Waals surface area contributed by atoms with Gasteiger partial charge < -0.3 is 9.47 Å². The van der Waals surface area contributed by atoms with Gasteiger partial charge in [-0.2, -0.15) is 18.3 Å². The highest BCUT2D eigenvalue weighted by Gasteiger charge is 2.33. The zero-order valence-corrected chi connectivity index (χ0v) is 18.9. The van der Waals surface area contributed by atoms with Crippen molar-refractivity contribution in [1.82, 2.24) is 0 Å². The van der Waals surface area contributed by atoms with Crippen molar-refractivity contribution in [2.45, 2.75) is 12.8 Å². The summed E-state index contributed by atoms with van der Waals surface area (Å²) < 4.78 is 49.6. The second-order valence-corrected chi connectivity index (χ2v) is 7.62. The Bertz CT molecular complexity index is 1240. The maximum Gasteiger partial charge on any atom is 0.416 e. The van der Waals surface area contributed by atoms with Gasteiger partial charge in [0.2, 0.25) is 0 Å². The smallest absolute Gasteiger partial charge is 0.416 e. The number of nitrogens with zero attached hydrogens (tertiary/aromatic N) is 2. The van der Waals surface area contributed by atoms with E-state index in [1.165, 1.54) is 13.3 Å². The molecule has 178 valence electrons. The summed E-state index contributed by atoms with van der Waals surface area (Å²) in [7, 11) is 1.45. The van der Waals surface area contributed by atoms with Gasteiger partial charge >= 0.3 is 6.18 Å². The fourth-order valence-corrected chi connectivity index (χ4v) is 3.12. The number of anilines is 1. The van der Waals surface area contributed by atoms with Gasteiger partial charge in [0.1, 0.15) is 12.3 Å². The molecule has 0 fully saturated rings. The number of rotatable bonds is 8. The van der Waals surface area contributed by atoms with Crippen LogP contribution in [-0.2, 0) is 12.8 Å². The maximum atomic E-state index is 12.8. The number of hydrazone groups is 1. The molecule has 12 heteroatoms. The molecule has 0 aliphatic carbocycles. The first-order valence-electron chi connectivity index (χ1n) is 9.48. The van der Waals surface area contributed by atoms with Crippen LogP contribution in [0.2, 0.25) is 10.0 Å². The van der Waals surface area contributed by atoms with Crippen molar-refractivity contribution in [2.24, 2.45) is 5.10 Å². The molecule has 0 saturated carbocycles. The van der Waals surface area contributed by atoms with E-state index in [9.17, 15) is 23.3 Å². The number of alkyl halides is 3. The van der Waals surface area contributed by atoms with Crippen molar-refractivity contribution in [2.75, 3.05) is 12.5 Å². The SMILES string of the molecule is COc1cc(/C=N\Nc2ccc(C(F)(F)F)cc2[N+](=O)[O-])ccc1OCc1ccc(Cl)c(Cl)c1. The molecule has 0 unspecified atom stereocenters. The highest BCUT2D eigenvalue weighted by molar-refractivity contribution is 6.42. The lowest BCUT2D eigenvalue weighted by Gasteiger charge is -2.12. The van der Waals surface area contributed by atoms with Crippen molar-refractivity contribution in [3.05, 3.63) is 91.4 Å². The Balaban J connectivity index is 1.72. The summed E-state index contributed by atoms with van der Waals surface area (Å²) >= 11 is 11.9. The van der Waals surface area contributed by atoms with Crippen LogP contribution in [-0.4, -0.2) is 18.2 Å². The van der Waals surface area contributed by atoms with Crippen LogP contribution in [0, 0.1) is 10.1 Å². The average molecular weight is 514 g/mol. The number of nitrogens with one attached hydrogen (secondary N) is 1. The molecule has 3 aromatic carbocycles. The highest BCUT2D eigenvalue weighted by Crippen LogP contribution is 2.35. The quantitative estimate of drug-likeness (QED) is 0.200. The van der Waals surface area contributed by atoms with Crippen molar-refractivity contribution in [1.29, 1.82) is 0 Å². The summed E-state index contributed by atoms with van der Waals surface area (Å²) in [5.41, 5.74) is 1.66. The van der Waals surface area contributed by atoms with Gasteiger partial charge in [0.25, 0.3) is 5.69 Å². The minimum absolute atomic E-state index is 0.192. The van der Waals surface area contributed by atoms with Crippen LogP contribution in [0.15, 0.2) is 59.7 Å². The van der Waals surface area contributed by atoms with E-state index in [2.05, 4.69) is 10.5 Å². The maximum absolute atomic E-state index is 12.8. The summed E-state index contributed by atoms with van der Waals surface area (Å²) in [4.78, 5) is 10.2. The summed E-state index contributed by atoms with van der Waals surface area (Å²) in [6.45, 7) is 0.208. The van der Waals surface area contributed by atoms with Crippen molar-refractivity contribution in [3.8, 4) is 11.5 Å². The van der Waals surface area contributed by atoms with Gasteiger partial charge in [-0.1, -0.05) is 29.3 Å². The van der Waals surface area contributed by atoms with E-state index in [-0.39, 0.29) is 12.3 Å².